The van der Waals surface area contributed by atoms with Crippen LogP contribution in [0.4, 0.5) is 0 Å². The standard InChI is InChI=1S/C32H21NO2/c34-32-27-14-13-26(17-25(27)20-35-32)33-30-15-11-23(21-7-3-1-4-8-21)18-28(30)29-19-24(12-16-31(29)33)22-9-5-2-6-10-22/h1-19H,20H2. The maximum absolute atomic E-state index is 12.0. The van der Waals surface area contributed by atoms with Crippen LogP contribution in [0, 0.1) is 0 Å². The Balaban J connectivity index is 1.51. The van der Waals surface area contributed by atoms with Crippen molar-refractivity contribution in [2.75, 3.05) is 0 Å². The fourth-order valence-corrected chi connectivity index (χ4v) is 5.18. The molecule has 1 aromatic heterocycles. The topological polar surface area (TPSA) is 31.2 Å². The van der Waals surface area contributed by atoms with Gasteiger partial charge >= 0.3 is 5.97 Å². The van der Waals surface area contributed by atoms with E-state index in [0.29, 0.717) is 12.2 Å². The molecule has 7 rings (SSSR count). The minimum Gasteiger partial charge on any atom is -0.457 e. The third-order valence-corrected chi connectivity index (χ3v) is 6.91. The Kier molecular flexibility index (Phi) is 4.36. The number of aromatic nitrogens is 1. The zero-order valence-electron chi connectivity index (χ0n) is 18.9. The number of rotatable bonds is 3. The van der Waals surface area contributed by atoms with Crippen LogP contribution in [0.1, 0.15) is 15.9 Å². The molecule has 0 N–H and O–H groups in total. The third kappa shape index (κ3) is 3.17. The molecule has 0 atom stereocenters. The largest absolute Gasteiger partial charge is 0.457 e. The zero-order valence-corrected chi connectivity index (χ0v) is 18.9. The second-order valence-electron chi connectivity index (χ2n) is 8.95. The van der Waals surface area contributed by atoms with Crippen LogP contribution in [0.5, 0.6) is 0 Å². The summed E-state index contributed by atoms with van der Waals surface area (Å²) in [6, 6.07) is 40.3. The molecule has 2 heterocycles. The van der Waals surface area contributed by atoms with Gasteiger partial charge in [-0.3, -0.25) is 0 Å². The molecule has 1 aliphatic rings. The second kappa shape index (κ2) is 7.71. The quantitative estimate of drug-likeness (QED) is 0.257. The molecule has 166 valence electrons. The number of hydrogen-bond donors (Lipinski definition) is 0. The lowest BCUT2D eigenvalue weighted by Crippen LogP contribution is -1.97. The highest BCUT2D eigenvalue weighted by Crippen LogP contribution is 2.37. The number of esters is 1. The van der Waals surface area contributed by atoms with Gasteiger partial charge in [-0.2, -0.15) is 0 Å². The predicted octanol–water partition coefficient (Wildman–Crippen LogP) is 7.79. The number of carbonyl (C=O) groups is 1. The summed E-state index contributed by atoms with van der Waals surface area (Å²) < 4.78 is 7.54. The molecule has 5 aromatic carbocycles. The summed E-state index contributed by atoms with van der Waals surface area (Å²) in [5.41, 5.74) is 9.67. The SMILES string of the molecule is O=C1OCc2cc(-n3c4ccc(-c5ccccc5)cc4c4cc(-c5ccccc5)ccc43)ccc21. The first-order chi connectivity index (χ1) is 17.3. The van der Waals surface area contributed by atoms with Crippen LogP contribution in [-0.4, -0.2) is 10.5 Å². The Morgan fingerprint density at radius 3 is 1.71 bits per heavy atom. The summed E-state index contributed by atoms with van der Waals surface area (Å²) in [4.78, 5) is 12.0. The summed E-state index contributed by atoms with van der Waals surface area (Å²) in [6.07, 6.45) is 0. The molecule has 0 saturated heterocycles. The van der Waals surface area contributed by atoms with Crippen molar-refractivity contribution in [3.05, 3.63) is 126 Å². The Labute approximate surface area is 202 Å². The maximum Gasteiger partial charge on any atom is 0.338 e. The van der Waals surface area contributed by atoms with Gasteiger partial charge in [0.15, 0.2) is 0 Å². The van der Waals surface area contributed by atoms with E-state index in [4.69, 9.17) is 4.74 Å². The molecule has 0 saturated carbocycles. The third-order valence-electron chi connectivity index (χ3n) is 6.91. The molecule has 1 aliphatic heterocycles. The molecule has 0 aliphatic carbocycles. The number of cyclic esters (lactones) is 1. The van der Waals surface area contributed by atoms with Crippen LogP contribution in [0.2, 0.25) is 0 Å². The van der Waals surface area contributed by atoms with E-state index in [2.05, 4.69) is 95.6 Å². The van der Waals surface area contributed by atoms with E-state index in [1.54, 1.807) is 0 Å². The van der Waals surface area contributed by atoms with Gasteiger partial charge in [0.2, 0.25) is 0 Å². The van der Waals surface area contributed by atoms with Gasteiger partial charge in [0.1, 0.15) is 6.61 Å². The average molecular weight is 452 g/mol. The predicted molar refractivity (Wildman–Crippen MR) is 141 cm³/mol. The molecule has 3 heteroatoms. The second-order valence-corrected chi connectivity index (χ2v) is 8.95. The molecule has 0 amide bonds. The van der Waals surface area contributed by atoms with Crippen molar-refractivity contribution in [3.8, 4) is 27.9 Å². The van der Waals surface area contributed by atoms with Crippen LogP contribution < -0.4 is 0 Å². The lowest BCUT2D eigenvalue weighted by atomic mass is 10.0. The summed E-state index contributed by atoms with van der Waals surface area (Å²) in [5.74, 6) is -0.242. The molecular formula is C32H21NO2. The molecule has 35 heavy (non-hydrogen) atoms. The van der Waals surface area contributed by atoms with Gasteiger partial charge in [-0.05, 0) is 64.7 Å². The molecule has 0 fully saturated rings. The van der Waals surface area contributed by atoms with Gasteiger partial charge in [0.05, 0.1) is 16.6 Å². The van der Waals surface area contributed by atoms with Crippen molar-refractivity contribution in [2.45, 2.75) is 6.61 Å². The van der Waals surface area contributed by atoms with Gasteiger partial charge in [0.25, 0.3) is 0 Å². The van der Waals surface area contributed by atoms with Gasteiger partial charge < -0.3 is 9.30 Å². The highest BCUT2D eigenvalue weighted by molar-refractivity contribution is 6.11. The lowest BCUT2D eigenvalue weighted by Gasteiger charge is -2.10. The van der Waals surface area contributed by atoms with Gasteiger partial charge in [-0.25, -0.2) is 4.79 Å². The molecule has 0 bridgehead atoms. The molecule has 3 nitrogen and oxygen atoms in total. The number of nitrogens with zero attached hydrogens (tertiary/aromatic N) is 1. The Morgan fingerprint density at radius 2 is 1.14 bits per heavy atom. The summed E-state index contributed by atoms with van der Waals surface area (Å²) in [5, 5.41) is 2.40. The van der Waals surface area contributed by atoms with E-state index in [-0.39, 0.29) is 5.97 Å². The number of carbonyl (C=O) groups excluding carboxylic acids is 1. The first kappa shape index (κ1) is 19.8. The minimum absolute atomic E-state index is 0.242. The van der Waals surface area contributed by atoms with E-state index in [1.807, 2.05) is 24.3 Å². The number of benzene rings is 5. The fraction of sp³-hybridized carbons (Fsp3) is 0.0312. The van der Waals surface area contributed by atoms with Crippen LogP contribution in [-0.2, 0) is 11.3 Å². The highest BCUT2D eigenvalue weighted by atomic mass is 16.5. The molecule has 0 spiro atoms. The normalized spacial score (nSPS) is 12.7. The van der Waals surface area contributed by atoms with Gasteiger partial charge in [-0.1, -0.05) is 72.8 Å². The van der Waals surface area contributed by atoms with E-state index in [0.717, 1.165) is 22.3 Å². The van der Waals surface area contributed by atoms with Crippen LogP contribution in [0.25, 0.3) is 49.7 Å². The van der Waals surface area contributed by atoms with Crippen molar-refractivity contribution >= 4 is 27.8 Å². The highest BCUT2D eigenvalue weighted by Gasteiger charge is 2.22. The monoisotopic (exact) mass is 451 g/mol. The van der Waals surface area contributed by atoms with Crippen LogP contribution >= 0.6 is 0 Å². The van der Waals surface area contributed by atoms with E-state index < -0.39 is 0 Å². The summed E-state index contributed by atoms with van der Waals surface area (Å²) in [6.45, 7) is 0.329. The Morgan fingerprint density at radius 1 is 0.571 bits per heavy atom. The van der Waals surface area contributed by atoms with Gasteiger partial charge in [-0.15, -0.1) is 0 Å². The summed E-state index contributed by atoms with van der Waals surface area (Å²) in [7, 11) is 0. The Bertz CT molecular complexity index is 1650. The van der Waals surface area contributed by atoms with Crippen molar-refractivity contribution < 1.29 is 9.53 Å². The fourth-order valence-electron chi connectivity index (χ4n) is 5.18. The first-order valence-corrected chi connectivity index (χ1v) is 11.8. The molecule has 0 radical (unpaired) electrons. The van der Waals surface area contributed by atoms with Crippen molar-refractivity contribution in [1.29, 1.82) is 0 Å². The van der Waals surface area contributed by atoms with Gasteiger partial charge in [0, 0.05) is 22.0 Å². The smallest absolute Gasteiger partial charge is 0.338 e. The van der Waals surface area contributed by atoms with Crippen molar-refractivity contribution in [3.63, 3.8) is 0 Å². The first-order valence-electron chi connectivity index (χ1n) is 11.8. The number of hydrogen-bond acceptors (Lipinski definition) is 2. The summed E-state index contributed by atoms with van der Waals surface area (Å²) >= 11 is 0. The van der Waals surface area contributed by atoms with Crippen molar-refractivity contribution in [2.24, 2.45) is 0 Å². The van der Waals surface area contributed by atoms with E-state index >= 15 is 0 Å². The Hall–Kier alpha value is -4.63. The van der Waals surface area contributed by atoms with Crippen LogP contribution in [0.3, 0.4) is 0 Å². The zero-order chi connectivity index (χ0) is 23.4. The van der Waals surface area contributed by atoms with Crippen molar-refractivity contribution in [1.82, 2.24) is 4.57 Å². The minimum atomic E-state index is -0.242. The average Bonchev–Trinajstić information content (AvgIpc) is 3.46. The maximum atomic E-state index is 12.0. The molecule has 6 aromatic rings. The number of ether oxygens (including phenoxy) is 1. The lowest BCUT2D eigenvalue weighted by molar-refractivity contribution is 0.0535. The molecular weight excluding hydrogens is 430 g/mol. The number of fused-ring (bicyclic) bond motifs is 4. The molecule has 0 unspecified atom stereocenters. The van der Waals surface area contributed by atoms with E-state index in [1.165, 1.54) is 33.0 Å². The van der Waals surface area contributed by atoms with Crippen LogP contribution in [0.15, 0.2) is 115 Å². The van der Waals surface area contributed by atoms with E-state index in [9.17, 15) is 4.79 Å².